The number of para-hydroxylation sites is 1. The molecule has 40 heavy (non-hydrogen) atoms. The first-order valence-electron chi connectivity index (χ1n) is 13.3. The normalized spacial score (nSPS) is 29.8. The maximum absolute atomic E-state index is 13.9. The predicted molar refractivity (Wildman–Crippen MR) is 160 cm³/mol. The largest absolute Gasteiger partial charge is 0.457 e. The molecule has 2 aliphatic carbocycles. The van der Waals surface area contributed by atoms with E-state index in [1.54, 1.807) is 35.6 Å². The zero-order valence-corrected chi connectivity index (χ0v) is 24.2. The quantitative estimate of drug-likeness (QED) is 0.190. The Morgan fingerprint density at radius 3 is 2.40 bits per heavy atom. The van der Waals surface area contributed by atoms with Crippen molar-refractivity contribution in [3.8, 4) is 11.5 Å². The minimum atomic E-state index is -0.297. The Morgan fingerprint density at radius 2 is 1.62 bits per heavy atom. The number of rotatable bonds is 4. The molecule has 9 heteroatoms. The Bertz CT molecular complexity index is 1720. The molecule has 8 rings (SSSR count). The van der Waals surface area contributed by atoms with Crippen molar-refractivity contribution in [3.05, 3.63) is 98.3 Å². The number of thiazole rings is 1. The number of hydrogen-bond donors (Lipinski definition) is 1. The molecule has 2 saturated carbocycles. The lowest BCUT2D eigenvalue weighted by molar-refractivity contribution is -0.123. The van der Waals surface area contributed by atoms with Crippen LogP contribution in [-0.4, -0.2) is 22.0 Å². The van der Waals surface area contributed by atoms with Crippen LogP contribution >= 0.6 is 46.9 Å². The molecule has 1 N–H and O–H groups in total. The van der Waals surface area contributed by atoms with Crippen molar-refractivity contribution >= 4 is 64.4 Å². The van der Waals surface area contributed by atoms with E-state index >= 15 is 0 Å². The number of nitrogens with one attached hydrogen (secondary N) is 1. The van der Waals surface area contributed by atoms with Crippen molar-refractivity contribution < 1.29 is 14.3 Å². The van der Waals surface area contributed by atoms with Gasteiger partial charge >= 0.3 is 0 Å². The van der Waals surface area contributed by atoms with Crippen LogP contribution in [0.1, 0.15) is 22.8 Å². The first kappa shape index (κ1) is 24.9. The third kappa shape index (κ3) is 3.69. The molecule has 4 aromatic rings. The lowest BCUT2D eigenvalue weighted by Crippen LogP contribution is -2.42. The van der Waals surface area contributed by atoms with Crippen LogP contribution in [0.5, 0.6) is 11.5 Å². The van der Waals surface area contributed by atoms with Crippen molar-refractivity contribution in [2.24, 2.45) is 29.6 Å². The van der Waals surface area contributed by atoms with Gasteiger partial charge in [-0.2, -0.15) is 0 Å². The standard InChI is InChI=1S/C31H23ClN2O3S3/c32-16-9-11-17(12-10-16)34-29(35)24-20-14-21(25(24)30(34)36)26-23(20)22(27-28(39-26)33-31(38)40-27)15-5-4-8-19(13-15)37-18-6-2-1-3-7-18/h1-13,20-26H,14H2,(H,33,38). The number of carbonyl (C=O) groups excluding carboxylic acids is 2. The summed E-state index contributed by atoms with van der Waals surface area (Å²) in [6.07, 6.45) is 0.899. The smallest absolute Gasteiger partial charge is 0.238 e. The van der Waals surface area contributed by atoms with Crippen LogP contribution in [0.25, 0.3) is 0 Å². The number of imide groups is 1. The van der Waals surface area contributed by atoms with Gasteiger partial charge in [0.2, 0.25) is 11.8 Å². The topological polar surface area (TPSA) is 62.4 Å². The Morgan fingerprint density at radius 1 is 0.900 bits per heavy atom. The molecule has 3 aromatic carbocycles. The fourth-order valence-corrected chi connectivity index (χ4v) is 11.1. The van der Waals surface area contributed by atoms with Gasteiger partial charge in [0.15, 0.2) is 3.95 Å². The van der Waals surface area contributed by atoms with Crippen LogP contribution < -0.4 is 9.64 Å². The van der Waals surface area contributed by atoms with Gasteiger partial charge in [0.1, 0.15) is 11.5 Å². The summed E-state index contributed by atoms with van der Waals surface area (Å²) in [4.78, 5) is 33.8. The second kappa shape index (κ2) is 9.31. The zero-order valence-electron chi connectivity index (χ0n) is 21.0. The third-order valence-corrected chi connectivity index (χ3v) is 12.2. The van der Waals surface area contributed by atoms with Crippen LogP contribution in [0, 0.1) is 33.5 Å². The summed E-state index contributed by atoms with van der Waals surface area (Å²) in [7, 11) is 0. The number of halogens is 1. The number of hydrogen-bond acceptors (Lipinski definition) is 6. The van der Waals surface area contributed by atoms with Crippen molar-refractivity contribution in [3.63, 3.8) is 0 Å². The first-order chi connectivity index (χ1) is 19.5. The highest BCUT2D eigenvalue weighted by molar-refractivity contribution is 8.00. The number of H-pyrrole nitrogens is 1. The number of fused-ring (bicyclic) bond motifs is 9. The Hall–Kier alpha value is -2.91. The van der Waals surface area contributed by atoms with Crippen LogP contribution in [-0.2, 0) is 9.59 Å². The minimum absolute atomic E-state index is 0.0669. The number of ether oxygens (including phenoxy) is 1. The van der Waals surface area contributed by atoms with Crippen LogP contribution in [0.15, 0.2) is 83.9 Å². The van der Waals surface area contributed by atoms with E-state index in [9.17, 15) is 9.59 Å². The summed E-state index contributed by atoms with van der Waals surface area (Å²) >= 11 is 15.1. The highest BCUT2D eigenvalue weighted by atomic mass is 35.5. The van der Waals surface area contributed by atoms with E-state index in [4.69, 9.17) is 28.6 Å². The predicted octanol–water partition coefficient (Wildman–Crippen LogP) is 7.93. The number of amides is 2. The molecule has 7 unspecified atom stereocenters. The number of aromatic nitrogens is 1. The average Bonchev–Trinajstić information content (AvgIpc) is 3.69. The molecule has 0 radical (unpaired) electrons. The maximum Gasteiger partial charge on any atom is 0.238 e. The van der Waals surface area contributed by atoms with Gasteiger partial charge in [-0.05, 0) is 90.5 Å². The second-order valence-electron chi connectivity index (χ2n) is 10.9. The Kier molecular flexibility index (Phi) is 5.78. The first-order valence-corrected chi connectivity index (χ1v) is 15.8. The van der Waals surface area contributed by atoms with E-state index in [0.717, 1.165) is 32.5 Å². The van der Waals surface area contributed by atoms with Crippen LogP contribution in [0.4, 0.5) is 5.69 Å². The van der Waals surface area contributed by atoms with E-state index in [1.165, 1.54) is 9.78 Å². The average molecular weight is 603 g/mol. The highest BCUT2D eigenvalue weighted by Gasteiger charge is 2.69. The number of benzene rings is 3. The SMILES string of the molecule is O=C1C2C3CC(C2C(=O)N1c1ccc(Cl)cc1)C1C(c2cccc(Oc4ccccc4)c2)c2sc(=S)[nH]c2SC31. The van der Waals surface area contributed by atoms with Gasteiger partial charge in [-0.15, -0.1) is 23.1 Å². The van der Waals surface area contributed by atoms with E-state index < -0.39 is 0 Å². The van der Waals surface area contributed by atoms with Gasteiger partial charge in [-0.25, -0.2) is 0 Å². The molecule has 1 aromatic heterocycles. The third-order valence-electron chi connectivity index (χ3n) is 9.00. The molecule has 4 aliphatic rings. The molecule has 2 amide bonds. The molecule has 1 saturated heterocycles. The number of nitrogens with zero attached hydrogens (tertiary/aromatic N) is 1. The molecule has 200 valence electrons. The van der Waals surface area contributed by atoms with Gasteiger partial charge in [0.05, 0.1) is 22.5 Å². The van der Waals surface area contributed by atoms with Gasteiger partial charge in [0.25, 0.3) is 0 Å². The molecule has 3 fully saturated rings. The summed E-state index contributed by atoms with van der Waals surface area (Å²) in [6.45, 7) is 0. The molecular formula is C31H23ClN2O3S3. The molecular weight excluding hydrogens is 580 g/mol. The number of anilines is 1. The van der Waals surface area contributed by atoms with Crippen LogP contribution in [0.2, 0.25) is 5.02 Å². The molecule has 2 bridgehead atoms. The van der Waals surface area contributed by atoms with E-state index in [2.05, 4.69) is 17.1 Å². The molecule has 2 aliphatic heterocycles. The Labute approximate surface area is 249 Å². The van der Waals surface area contributed by atoms with E-state index in [1.807, 2.05) is 54.2 Å². The monoisotopic (exact) mass is 602 g/mol. The van der Waals surface area contributed by atoms with Gasteiger partial charge < -0.3 is 9.72 Å². The summed E-state index contributed by atoms with van der Waals surface area (Å²) in [5, 5.41) is 1.91. The molecule has 3 heterocycles. The zero-order chi connectivity index (χ0) is 27.1. The Balaban J connectivity index is 1.19. The van der Waals surface area contributed by atoms with Crippen molar-refractivity contribution in [1.82, 2.24) is 4.98 Å². The van der Waals surface area contributed by atoms with Crippen molar-refractivity contribution in [1.29, 1.82) is 0 Å². The number of thioether (sulfide) groups is 1. The highest BCUT2D eigenvalue weighted by Crippen LogP contribution is 2.69. The van der Waals surface area contributed by atoms with Gasteiger partial charge in [0, 0.05) is 21.1 Å². The second-order valence-corrected chi connectivity index (χ2v) is 14.3. The maximum atomic E-state index is 13.9. The summed E-state index contributed by atoms with van der Waals surface area (Å²) in [5.74, 6) is 1.41. The van der Waals surface area contributed by atoms with Crippen molar-refractivity contribution in [2.75, 3.05) is 4.90 Å². The molecule has 5 nitrogen and oxygen atoms in total. The van der Waals surface area contributed by atoms with E-state index in [0.29, 0.717) is 10.7 Å². The fourth-order valence-electron chi connectivity index (χ4n) is 7.63. The summed E-state index contributed by atoms with van der Waals surface area (Å²) in [5.41, 5.74) is 1.76. The lowest BCUT2D eigenvalue weighted by atomic mass is 9.68. The van der Waals surface area contributed by atoms with Gasteiger partial charge in [-0.3, -0.25) is 14.5 Å². The summed E-state index contributed by atoms with van der Waals surface area (Å²) < 4.78 is 6.96. The van der Waals surface area contributed by atoms with E-state index in [-0.39, 0.29) is 52.6 Å². The van der Waals surface area contributed by atoms with Crippen molar-refractivity contribution in [2.45, 2.75) is 22.6 Å². The van der Waals surface area contributed by atoms with Crippen LogP contribution in [0.3, 0.4) is 0 Å². The number of carbonyl (C=O) groups is 2. The molecule has 7 atom stereocenters. The summed E-state index contributed by atoms with van der Waals surface area (Å²) in [6, 6.07) is 25.1. The fraction of sp³-hybridized carbons (Fsp3) is 0.258. The lowest BCUT2D eigenvalue weighted by Gasteiger charge is -2.43. The molecule has 0 spiro atoms. The van der Waals surface area contributed by atoms with Gasteiger partial charge in [-0.1, -0.05) is 41.9 Å². The number of aromatic amines is 1. The minimum Gasteiger partial charge on any atom is -0.457 e.